The van der Waals surface area contributed by atoms with Crippen LogP contribution in [0.2, 0.25) is 0 Å². The van der Waals surface area contributed by atoms with Gasteiger partial charge in [0.1, 0.15) is 5.82 Å². The minimum absolute atomic E-state index is 0.176. The second kappa shape index (κ2) is 3.65. The number of fused-ring (bicyclic) bond motifs is 4. The maximum atomic E-state index is 4.95. The molecular formula is C21H16N2. The van der Waals surface area contributed by atoms with E-state index in [1.165, 1.54) is 33.0 Å². The van der Waals surface area contributed by atoms with Gasteiger partial charge >= 0.3 is 0 Å². The number of aromatic nitrogens is 2. The van der Waals surface area contributed by atoms with Crippen molar-refractivity contribution in [3.05, 3.63) is 65.7 Å². The molecule has 3 aromatic carbocycles. The molecule has 0 amide bonds. The highest BCUT2D eigenvalue weighted by atomic mass is 15.1. The van der Waals surface area contributed by atoms with Crippen molar-refractivity contribution in [2.45, 2.75) is 25.3 Å². The standard InChI is InChI=1S/C21H16N2/c1-21-11-14-6-4-5-13-9-10-15(19(21)18(13)14)20-22-16-7-2-3-8-17(16)23(20)12-21/h2-10H,11-12H2,1H3/t21-/m0/s1. The van der Waals surface area contributed by atoms with Gasteiger partial charge in [0, 0.05) is 17.5 Å². The minimum Gasteiger partial charge on any atom is -0.323 e. The molecule has 2 nitrogen and oxygen atoms in total. The molecule has 0 bridgehead atoms. The van der Waals surface area contributed by atoms with Crippen LogP contribution in [0.25, 0.3) is 33.2 Å². The maximum Gasteiger partial charge on any atom is 0.141 e. The molecule has 1 aliphatic heterocycles. The highest BCUT2D eigenvalue weighted by Gasteiger charge is 2.42. The lowest BCUT2D eigenvalue weighted by atomic mass is 9.78. The zero-order valence-electron chi connectivity index (χ0n) is 13.0. The molecule has 2 heteroatoms. The summed E-state index contributed by atoms with van der Waals surface area (Å²) in [6.07, 6.45) is 1.13. The van der Waals surface area contributed by atoms with Crippen LogP contribution in [0.4, 0.5) is 0 Å². The Bertz CT molecular complexity index is 1140. The van der Waals surface area contributed by atoms with Crippen LogP contribution < -0.4 is 0 Å². The summed E-state index contributed by atoms with van der Waals surface area (Å²) >= 11 is 0. The minimum atomic E-state index is 0.176. The van der Waals surface area contributed by atoms with E-state index in [9.17, 15) is 0 Å². The van der Waals surface area contributed by atoms with E-state index in [4.69, 9.17) is 4.98 Å². The van der Waals surface area contributed by atoms with E-state index in [-0.39, 0.29) is 5.41 Å². The van der Waals surface area contributed by atoms with Crippen molar-refractivity contribution in [2.75, 3.05) is 0 Å². The van der Waals surface area contributed by atoms with Crippen molar-refractivity contribution in [3.63, 3.8) is 0 Å². The van der Waals surface area contributed by atoms with Crippen LogP contribution in [-0.4, -0.2) is 9.55 Å². The molecule has 0 N–H and O–H groups in total. The number of imidazole rings is 1. The first kappa shape index (κ1) is 11.9. The van der Waals surface area contributed by atoms with Gasteiger partial charge in [-0.3, -0.25) is 0 Å². The fraction of sp³-hybridized carbons (Fsp3) is 0.190. The number of para-hydroxylation sites is 2. The van der Waals surface area contributed by atoms with Gasteiger partial charge in [0.2, 0.25) is 0 Å². The van der Waals surface area contributed by atoms with Crippen LogP contribution in [-0.2, 0) is 18.4 Å². The molecule has 1 atom stereocenters. The summed E-state index contributed by atoms with van der Waals surface area (Å²) in [5.41, 5.74) is 6.88. The lowest BCUT2D eigenvalue weighted by Crippen LogP contribution is -2.32. The van der Waals surface area contributed by atoms with Gasteiger partial charge in [-0.15, -0.1) is 0 Å². The summed E-state index contributed by atoms with van der Waals surface area (Å²) in [5, 5.41) is 2.85. The molecule has 23 heavy (non-hydrogen) atoms. The SMILES string of the molecule is C[C@@]12Cc3cccc4ccc(c1c34)-c1nc3ccccc3n1C2. The smallest absolute Gasteiger partial charge is 0.141 e. The van der Waals surface area contributed by atoms with E-state index >= 15 is 0 Å². The first-order valence-electron chi connectivity index (χ1n) is 8.25. The van der Waals surface area contributed by atoms with Gasteiger partial charge in [0.05, 0.1) is 11.0 Å². The predicted molar refractivity (Wildman–Crippen MR) is 93.7 cm³/mol. The molecule has 4 aromatic rings. The van der Waals surface area contributed by atoms with Gasteiger partial charge in [-0.25, -0.2) is 4.98 Å². The predicted octanol–water partition coefficient (Wildman–Crippen LogP) is 4.68. The van der Waals surface area contributed by atoms with Crippen molar-refractivity contribution in [2.24, 2.45) is 0 Å². The normalized spacial score (nSPS) is 21.1. The third-order valence-corrected chi connectivity index (χ3v) is 5.72. The molecule has 0 saturated carbocycles. The second-order valence-electron chi connectivity index (χ2n) is 7.25. The summed E-state index contributed by atoms with van der Waals surface area (Å²) in [6.45, 7) is 3.44. The van der Waals surface area contributed by atoms with E-state index in [1.807, 2.05) is 0 Å². The fourth-order valence-corrected chi connectivity index (χ4v) is 4.85. The van der Waals surface area contributed by atoms with Gasteiger partial charge in [-0.1, -0.05) is 49.4 Å². The van der Waals surface area contributed by atoms with Gasteiger partial charge in [-0.05, 0) is 40.5 Å². The molecule has 0 radical (unpaired) electrons. The van der Waals surface area contributed by atoms with Crippen LogP contribution in [0, 0.1) is 0 Å². The zero-order chi connectivity index (χ0) is 15.2. The van der Waals surface area contributed by atoms with Crippen molar-refractivity contribution < 1.29 is 0 Å². The van der Waals surface area contributed by atoms with Crippen LogP contribution in [0.3, 0.4) is 0 Å². The molecule has 2 aliphatic rings. The van der Waals surface area contributed by atoms with Crippen molar-refractivity contribution in [1.29, 1.82) is 0 Å². The number of hydrogen-bond acceptors (Lipinski definition) is 1. The fourth-order valence-electron chi connectivity index (χ4n) is 4.85. The monoisotopic (exact) mass is 296 g/mol. The van der Waals surface area contributed by atoms with Crippen molar-refractivity contribution in [1.82, 2.24) is 9.55 Å². The van der Waals surface area contributed by atoms with Crippen LogP contribution in [0.15, 0.2) is 54.6 Å². The van der Waals surface area contributed by atoms with Crippen molar-refractivity contribution in [3.8, 4) is 11.4 Å². The quantitative estimate of drug-likeness (QED) is 0.460. The van der Waals surface area contributed by atoms with E-state index in [0.29, 0.717) is 0 Å². The van der Waals surface area contributed by atoms with Gasteiger partial charge < -0.3 is 4.57 Å². The first-order chi connectivity index (χ1) is 11.2. The Hall–Kier alpha value is -2.61. The summed E-state index contributed by atoms with van der Waals surface area (Å²) in [7, 11) is 0. The number of nitrogens with zero attached hydrogens (tertiary/aromatic N) is 2. The topological polar surface area (TPSA) is 17.8 Å². The Morgan fingerprint density at radius 1 is 1.00 bits per heavy atom. The maximum absolute atomic E-state index is 4.95. The van der Waals surface area contributed by atoms with E-state index in [2.05, 4.69) is 66.1 Å². The molecular weight excluding hydrogens is 280 g/mol. The number of rotatable bonds is 0. The van der Waals surface area contributed by atoms with E-state index in [0.717, 1.165) is 24.3 Å². The molecule has 6 rings (SSSR count). The summed E-state index contributed by atoms with van der Waals surface area (Å²) < 4.78 is 2.43. The third-order valence-electron chi connectivity index (χ3n) is 5.72. The Balaban J connectivity index is 1.82. The Labute approximate surface area is 134 Å². The Morgan fingerprint density at radius 2 is 1.91 bits per heavy atom. The highest BCUT2D eigenvalue weighted by Crippen LogP contribution is 2.51. The molecule has 0 unspecified atom stereocenters. The van der Waals surface area contributed by atoms with Gasteiger partial charge in [-0.2, -0.15) is 0 Å². The molecule has 0 fully saturated rings. The number of hydrogen-bond donors (Lipinski definition) is 0. The summed E-state index contributed by atoms with van der Waals surface area (Å²) in [6, 6.07) is 19.8. The molecule has 0 spiro atoms. The molecule has 1 aromatic heterocycles. The zero-order valence-corrected chi connectivity index (χ0v) is 13.0. The average Bonchev–Trinajstić information content (AvgIpc) is 3.07. The molecule has 110 valence electrons. The van der Waals surface area contributed by atoms with Crippen LogP contribution in [0.5, 0.6) is 0 Å². The largest absolute Gasteiger partial charge is 0.323 e. The average molecular weight is 296 g/mol. The molecule has 0 saturated heterocycles. The Morgan fingerprint density at radius 3 is 2.87 bits per heavy atom. The number of benzene rings is 3. The van der Waals surface area contributed by atoms with E-state index < -0.39 is 0 Å². The van der Waals surface area contributed by atoms with Crippen LogP contribution >= 0.6 is 0 Å². The highest BCUT2D eigenvalue weighted by molar-refractivity contribution is 5.98. The summed E-state index contributed by atoms with van der Waals surface area (Å²) in [4.78, 5) is 4.95. The first-order valence-corrected chi connectivity index (χ1v) is 8.25. The molecule has 1 aliphatic carbocycles. The van der Waals surface area contributed by atoms with Crippen molar-refractivity contribution >= 4 is 21.8 Å². The third kappa shape index (κ3) is 1.29. The van der Waals surface area contributed by atoms with Gasteiger partial charge in [0.25, 0.3) is 0 Å². The lowest BCUT2D eigenvalue weighted by molar-refractivity contribution is 0.406. The molecule has 2 heterocycles. The summed E-state index contributed by atoms with van der Waals surface area (Å²) in [5.74, 6) is 1.14. The van der Waals surface area contributed by atoms with E-state index in [1.54, 1.807) is 0 Å². The Kier molecular flexibility index (Phi) is 1.89. The lowest BCUT2D eigenvalue weighted by Gasteiger charge is -2.33. The second-order valence-corrected chi connectivity index (χ2v) is 7.25. The van der Waals surface area contributed by atoms with Crippen LogP contribution in [0.1, 0.15) is 18.1 Å². The van der Waals surface area contributed by atoms with Gasteiger partial charge in [0.15, 0.2) is 0 Å².